The highest BCUT2D eigenvalue weighted by atomic mass is 32.1. The SMILES string of the molecule is CC(C)CCn1c(=O)c2ccccc2n2c(=S)n(CN3CCC(C(=O)c4ccccc4)CC3)nc12. The standard InChI is InChI=1S/C27H31N5O2S/c1-19(2)12-17-30-25(34)22-10-6-7-11-23(22)32-26(30)28-31(27(32)35)18-29-15-13-21(14-16-29)24(33)20-8-4-3-5-9-20/h3-11,19,21H,12-18H2,1-2H3. The highest BCUT2D eigenvalue weighted by Crippen LogP contribution is 2.23. The van der Waals surface area contributed by atoms with E-state index in [1.165, 1.54) is 0 Å². The molecule has 1 saturated heterocycles. The first-order valence-electron chi connectivity index (χ1n) is 12.4. The van der Waals surface area contributed by atoms with E-state index in [1.54, 1.807) is 4.57 Å². The van der Waals surface area contributed by atoms with Crippen molar-refractivity contribution in [2.45, 2.75) is 46.3 Å². The number of hydrogen-bond acceptors (Lipinski definition) is 5. The predicted molar refractivity (Wildman–Crippen MR) is 140 cm³/mol. The van der Waals surface area contributed by atoms with Crippen molar-refractivity contribution in [1.29, 1.82) is 0 Å². The van der Waals surface area contributed by atoms with Gasteiger partial charge in [-0.1, -0.05) is 56.3 Å². The maximum absolute atomic E-state index is 13.3. The molecule has 35 heavy (non-hydrogen) atoms. The van der Waals surface area contributed by atoms with Crippen LogP contribution in [0.3, 0.4) is 0 Å². The maximum Gasteiger partial charge on any atom is 0.262 e. The lowest BCUT2D eigenvalue weighted by molar-refractivity contribution is 0.0803. The number of rotatable bonds is 7. The number of aryl methyl sites for hydroxylation is 1. The van der Waals surface area contributed by atoms with Crippen molar-refractivity contribution in [2.75, 3.05) is 13.1 Å². The van der Waals surface area contributed by atoms with Crippen LogP contribution >= 0.6 is 12.2 Å². The van der Waals surface area contributed by atoms with Crippen molar-refractivity contribution in [1.82, 2.24) is 23.6 Å². The fourth-order valence-corrected chi connectivity index (χ4v) is 5.19. The Morgan fingerprint density at radius 1 is 1.06 bits per heavy atom. The van der Waals surface area contributed by atoms with E-state index >= 15 is 0 Å². The van der Waals surface area contributed by atoms with Crippen molar-refractivity contribution in [3.05, 3.63) is 75.3 Å². The molecule has 0 saturated carbocycles. The Labute approximate surface area is 209 Å². The van der Waals surface area contributed by atoms with Crippen LogP contribution in [0.1, 0.15) is 43.5 Å². The van der Waals surface area contributed by atoms with Gasteiger partial charge in [0.2, 0.25) is 10.5 Å². The van der Waals surface area contributed by atoms with E-state index in [2.05, 4.69) is 18.7 Å². The minimum atomic E-state index is -0.0267. The van der Waals surface area contributed by atoms with Crippen LogP contribution in [-0.2, 0) is 13.2 Å². The number of hydrogen-bond donors (Lipinski definition) is 0. The van der Waals surface area contributed by atoms with Gasteiger partial charge in [0.05, 0.1) is 17.6 Å². The fraction of sp³-hybridized carbons (Fsp3) is 0.407. The first-order valence-corrected chi connectivity index (χ1v) is 12.8. The summed E-state index contributed by atoms with van der Waals surface area (Å²) in [5.41, 5.74) is 1.55. The summed E-state index contributed by atoms with van der Waals surface area (Å²) >= 11 is 5.86. The Morgan fingerprint density at radius 2 is 1.74 bits per heavy atom. The summed E-state index contributed by atoms with van der Waals surface area (Å²) in [5, 5.41) is 5.48. The molecular weight excluding hydrogens is 458 g/mol. The minimum absolute atomic E-state index is 0.0267. The molecule has 2 aromatic carbocycles. The zero-order valence-corrected chi connectivity index (χ0v) is 21.1. The number of fused-ring (bicyclic) bond motifs is 3. The van der Waals surface area contributed by atoms with Gasteiger partial charge in [-0.3, -0.25) is 23.5 Å². The molecule has 0 aliphatic carbocycles. The molecule has 8 heteroatoms. The molecule has 5 rings (SSSR count). The van der Waals surface area contributed by atoms with Crippen LogP contribution in [0.5, 0.6) is 0 Å². The highest BCUT2D eigenvalue weighted by molar-refractivity contribution is 7.71. The Balaban J connectivity index is 1.42. The van der Waals surface area contributed by atoms with Crippen LogP contribution in [0, 0.1) is 16.6 Å². The molecule has 0 spiro atoms. The normalized spacial score (nSPS) is 15.4. The summed E-state index contributed by atoms with van der Waals surface area (Å²) in [6, 6.07) is 17.2. The highest BCUT2D eigenvalue weighted by Gasteiger charge is 2.26. The summed E-state index contributed by atoms with van der Waals surface area (Å²) in [4.78, 5) is 28.4. The Bertz CT molecular complexity index is 1480. The molecule has 1 fully saturated rings. The number of Topliss-reactive ketones (excluding diaryl/α,β-unsaturated/α-hetero) is 1. The van der Waals surface area contributed by atoms with Gasteiger partial charge in [-0.05, 0) is 49.5 Å². The van der Waals surface area contributed by atoms with E-state index in [4.69, 9.17) is 17.3 Å². The molecule has 0 radical (unpaired) electrons. The molecule has 1 aliphatic heterocycles. The van der Waals surface area contributed by atoms with Gasteiger partial charge in [0.1, 0.15) is 0 Å². The summed E-state index contributed by atoms with van der Waals surface area (Å²) in [6.45, 7) is 7.06. The first kappa shape index (κ1) is 23.6. The Hall–Kier alpha value is -3.10. The fourth-order valence-electron chi connectivity index (χ4n) is 4.91. The smallest absolute Gasteiger partial charge is 0.262 e. The van der Waals surface area contributed by atoms with E-state index in [-0.39, 0.29) is 17.3 Å². The molecule has 182 valence electrons. The van der Waals surface area contributed by atoms with Crippen LogP contribution in [-0.4, -0.2) is 42.5 Å². The van der Waals surface area contributed by atoms with E-state index in [1.807, 2.05) is 63.7 Å². The van der Waals surface area contributed by atoms with Crippen LogP contribution in [0.25, 0.3) is 16.7 Å². The average molecular weight is 490 g/mol. The van der Waals surface area contributed by atoms with Crippen LogP contribution < -0.4 is 5.56 Å². The summed E-state index contributed by atoms with van der Waals surface area (Å²) < 4.78 is 6.09. The molecule has 0 amide bonds. The van der Waals surface area contributed by atoms with Gasteiger partial charge in [0, 0.05) is 31.1 Å². The van der Waals surface area contributed by atoms with Gasteiger partial charge in [0.15, 0.2) is 5.78 Å². The largest absolute Gasteiger partial charge is 0.294 e. The first-order chi connectivity index (χ1) is 16.9. The number of nitrogens with zero attached hydrogens (tertiary/aromatic N) is 5. The quantitative estimate of drug-likeness (QED) is 0.276. The number of benzene rings is 2. The van der Waals surface area contributed by atoms with E-state index < -0.39 is 0 Å². The van der Waals surface area contributed by atoms with Crippen LogP contribution in [0.4, 0.5) is 0 Å². The number of para-hydroxylation sites is 1. The molecule has 0 N–H and O–H groups in total. The number of carbonyl (C=O) groups excluding carboxylic acids is 1. The molecule has 0 atom stereocenters. The number of piperidine rings is 1. The van der Waals surface area contributed by atoms with Gasteiger partial charge in [-0.25, -0.2) is 4.68 Å². The zero-order valence-electron chi connectivity index (χ0n) is 20.3. The van der Waals surface area contributed by atoms with E-state index in [0.29, 0.717) is 35.1 Å². The van der Waals surface area contributed by atoms with Crippen molar-refractivity contribution in [3.63, 3.8) is 0 Å². The predicted octanol–water partition coefficient (Wildman–Crippen LogP) is 4.78. The average Bonchev–Trinajstić information content (AvgIpc) is 3.20. The zero-order chi connectivity index (χ0) is 24.5. The Morgan fingerprint density at radius 3 is 2.46 bits per heavy atom. The minimum Gasteiger partial charge on any atom is -0.294 e. The second kappa shape index (κ2) is 9.87. The molecule has 4 aromatic rings. The lowest BCUT2D eigenvalue weighted by Gasteiger charge is -2.30. The summed E-state index contributed by atoms with van der Waals surface area (Å²) in [6.07, 6.45) is 2.52. The molecular formula is C27H31N5O2S. The van der Waals surface area contributed by atoms with Crippen molar-refractivity contribution in [2.24, 2.45) is 11.8 Å². The third kappa shape index (κ3) is 4.60. The number of likely N-dealkylation sites (tertiary alicyclic amines) is 1. The Kier molecular flexibility index (Phi) is 6.67. The van der Waals surface area contributed by atoms with Gasteiger partial charge in [0.25, 0.3) is 5.56 Å². The summed E-state index contributed by atoms with van der Waals surface area (Å²) in [5.74, 6) is 1.34. The van der Waals surface area contributed by atoms with E-state index in [9.17, 15) is 9.59 Å². The lowest BCUT2D eigenvalue weighted by Crippen LogP contribution is -2.37. The van der Waals surface area contributed by atoms with Crippen molar-refractivity contribution >= 4 is 34.7 Å². The third-order valence-corrected chi connectivity index (χ3v) is 7.36. The topological polar surface area (TPSA) is 64.5 Å². The van der Waals surface area contributed by atoms with Crippen LogP contribution in [0.15, 0.2) is 59.4 Å². The van der Waals surface area contributed by atoms with Crippen molar-refractivity contribution in [3.8, 4) is 0 Å². The molecule has 3 heterocycles. The number of carbonyl (C=O) groups is 1. The monoisotopic (exact) mass is 489 g/mol. The number of aromatic nitrogens is 4. The molecule has 2 aromatic heterocycles. The van der Waals surface area contributed by atoms with Gasteiger partial charge >= 0.3 is 0 Å². The van der Waals surface area contributed by atoms with Crippen LogP contribution in [0.2, 0.25) is 0 Å². The van der Waals surface area contributed by atoms with Gasteiger partial charge < -0.3 is 0 Å². The second-order valence-corrected chi connectivity index (χ2v) is 10.2. The van der Waals surface area contributed by atoms with Gasteiger partial charge in [-0.15, -0.1) is 5.10 Å². The summed E-state index contributed by atoms with van der Waals surface area (Å²) in [7, 11) is 0. The molecule has 0 unspecified atom stereocenters. The molecule has 7 nitrogen and oxygen atoms in total. The maximum atomic E-state index is 13.3. The lowest BCUT2D eigenvalue weighted by atomic mass is 9.89. The van der Waals surface area contributed by atoms with E-state index in [0.717, 1.165) is 43.4 Å². The van der Waals surface area contributed by atoms with Crippen molar-refractivity contribution < 1.29 is 4.79 Å². The second-order valence-electron chi connectivity index (χ2n) is 9.84. The van der Waals surface area contributed by atoms with Gasteiger partial charge in [-0.2, -0.15) is 0 Å². The molecule has 0 bridgehead atoms. The third-order valence-electron chi connectivity index (χ3n) is 6.96. The molecule has 1 aliphatic rings. The number of ketones is 1.